The molecule has 0 unspecified atom stereocenters. The molecule has 1 aliphatic rings. The maximum absolute atomic E-state index is 10.6. The molecule has 0 saturated carbocycles. The number of aliphatic hydroxyl groups excluding tert-OH is 1. The number of alkyl carbamates (subject to hydrolysis) is 1. The molecule has 4 heteroatoms. The largest absolute Gasteiger partial charge is 0.442 e. The van der Waals surface area contributed by atoms with E-state index in [0.29, 0.717) is 6.42 Å². The van der Waals surface area contributed by atoms with Crippen LogP contribution in [0.1, 0.15) is 6.42 Å². The molecule has 0 radical (unpaired) electrons. The van der Waals surface area contributed by atoms with Crippen molar-refractivity contribution < 1.29 is 14.6 Å². The predicted octanol–water partition coefficient (Wildman–Crippen LogP) is 0.0318. The Balaban J connectivity index is 2.49. The first-order valence-electron chi connectivity index (χ1n) is 3.47. The van der Waals surface area contributed by atoms with Gasteiger partial charge in [0, 0.05) is 0 Å². The van der Waals surface area contributed by atoms with Crippen LogP contribution in [0.5, 0.6) is 0 Å². The molecule has 1 rings (SSSR count). The quantitative estimate of drug-likeness (QED) is 0.568. The van der Waals surface area contributed by atoms with E-state index in [-0.39, 0.29) is 12.6 Å². The molecule has 4 nitrogen and oxygen atoms in total. The van der Waals surface area contributed by atoms with E-state index < -0.39 is 12.2 Å². The number of ether oxygens (including phenoxy) is 1. The number of amides is 1. The average Bonchev–Trinajstić information content (AvgIpc) is 2.32. The van der Waals surface area contributed by atoms with Crippen LogP contribution in [0.4, 0.5) is 4.79 Å². The second-order valence-corrected chi connectivity index (χ2v) is 2.40. The van der Waals surface area contributed by atoms with E-state index in [0.717, 1.165) is 0 Å². The topological polar surface area (TPSA) is 58.6 Å². The van der Waals surface area contributed by atoms with Gasteiger partial charge in [0.2, 0.25) is 0 Å². The van der Waals surface area contributed by atoms with Gasteiger partial charge in [0.1, 0.15) is 6.10 Å². The fourth-order valence-electron chi connectivity index (χ4n) is 1.05. The smallest absolute Gasteiger partial charge is 0.407 e. The summed E-state index contributed by atoms with van der Waals surface area (Å²) in [6, 6.07) is -0.120. The number of cyclic esters (lactones) is 1. The lowest BCUT2D eigenvalue weighted by molar-refractivity contribution is 0.0833. The first kappa shape index (κ1) is 8.07. The Kier molecular flexibility index (Phi) is 2.48. The molecule has 1 heterocycles. The number of carbonyl (C=O) groups is 1. The lowest BCUT2D eigenvalue weighted by Crippen LogP contribution is -2.32. The van der Waals surface area contributed by atoms with Crippen molar-refractivity contribution in [3.63, 3.8) is 0 Å². The molecule has 0 bridgehead atoms. The lowest BCUT2D eigenvalue weighted by atomic mass is 10.1. The third-order valence-electron chi connectivity index (χ3n) is 1.61. The van der Waals surface area contributed by atoms with Gasteiger partial charge < -0.3 is 15.2 Å². The number of nitrogens with one attached hydrogen (secondary N) is 1. The molecular formula is C7H11NO3. The van der Waals surface area contributed by atoms with Crippen molar-refractivity contribution in [3.8, 4) is 0 Å². The summed E-state index contributed by atoms with van der Waals surface area (Å²) in [5.41, 5.74) is 0. The van der Waals surface area contributed by atoms with Gasteiger partial charge in [0.25, 0.3) is 0 Å². The Morgan fingerprint density at radius 1 is 1.82 bits per heavy atom. The highest BCUT2D eigenvalue weighted by atomic mass is 16.6. The van der Waals surface area contributed by atoms with Gasteiger partial charge in [-0.15, -0.1) is 6.58 Å². The molecule has 0 aromatic heterocycles. The van der Waals surface area contributed by atoms with Crippen molar-refractivity contribution >= 4 is 6.09 Å². The summed E-state index contributed by atoms with van der Waals surface area (Å²) < 4.78 is 4.73. The van der Waals surface area contributed by atoms with Crippen molar-refractivity contribution in [2.45, 2.75) is 18.6 Å². The van der Waals surface area contributed by atoms with Crippen LogP contribution in [0.25, 0.3) is 0 Å². The summed E-state index contributed by atoms with van der Waals surface area (Å²) >= 11 is 0. The predicted molar refractivity (Wildman–Crippen MR) is 39.1 cm³/mol. The van der Waals surface area contributed by atoms with Gasteiger partial charge >= 0.3 is 6.09 Å². The van der Waals surface area contributed by atoms with Crippen LogP contribution in [-0.2, 0) is 4.74 Å². The van der Waals surface area contributed by atoms with E-state index in [1.54, 1.807) is 6.08 Å². The van der Waals surface area contributed by atoms with Gasteiger partial charge in [0.05, 0.1) is 12.6 Å². The van der Waals surface area contributed by atoms with Gasteiger partial charge in [-0.05, 0) is 6.42 Å². The molecule has 0 aromatic carbocycles. The molecule has 0 aromatic rings. The second kappa shape index (κ2) is 3.39. The molecule has 0 aliphatic carbocycles. The molecule has 2 N–H and O–H groups in total. The van der Waals surface area contributed by atoms with Gasteiger partial charge in [-0.3, -0.25) is 0 Å². The van der Waals surface area contributed by atoms with Crippen molar-refractivity contribution in [2.24, 2.45) is 0 Å². The maximum atomic E-state index is 10.6. The van der Waals surface area contributed by atoms with Crippen LogP contribution in [-0.4, -0.2) is 30.0 Å². The van der Waals surface area contributed by atoms with Crippen LogP contribution in [0.2, 0.25) is 0 Å². The highest BCUT2D eigenvalue weighted by molar-refractivity contribution is 5.70. The normalized spacial score (nSPS) is 29.4. The fraction of sp³-hybridized carbons (Fsp3) is 0.571. The monoisotopic (exact) mass is 157 g/mol. The van der Waals surface area contributed by atoms with E-state index in [1.807, 2.05) is 0 Å². The lowest BCUT2D eigenvalue weighted by Gasteiger charge is -2.11. The van der Waals surface area contributed by atoms with Gasteiger partial charge in [-0.1, -0.05) is 6.08 Å². The van der Waals surface area contributed by atoms with Crippen molar-refractivity contribution in [2.75, 3.05) is 6.61 Å². The Morgan fingerprint density at radius 2 is 2.55 bits per heavy atom. The number of carbonyl (C=O) groups excluding carboxylic acids is 1. The second-order valence-electron chi connectivity index (χ2n) is 2.40. The molecular weight excluding hydrogens is 146 g/mol. The van der Waals surface area contributed by atoms with Crippen LogP contribution in [0.15, 0.2) is 12.7 Å². The first-order chi connectivity index (χ1) is 5.27. The third kappa shape index (κ3) is 1.71. The van der Waals surface area contributed by atoms with E-state index in [4.69, 9.17) is 9.84 Å². The summed E-state index contributed by atoms with van der Waals surface area (Å²) in [7, 11) is 0. The van der Waals surface area contributed by atoms with Crippen LogP contribution in [0, 0.1) is 0 Å². The molecule has 2 atom stereocenters. The molecule has 62 valence electrons. The summed E-state index contributed by atoms with van der Waals surface area (Å²) in [4.78, 5) is 10.6. The Hall–Kier alpha value is -1.03. The highest BCUT2D eigenvalue weighted by Crippen LogP contribution is 2.11. The number of rotatable bonds is 3. The van der Waals surface area contributed by atoms with Crippen molar-refractivity contribution in [3.05, 3.63) is 12.7 Å². The van der Waals surface area contributed by atoms with E-state index in [2.05, 4.69) is 11.9 Å². The minimum absolute atomic E-state index is 0.120. The van der Waals surface area contributed by atoms with E-state index in [1.165, 1.54) is 0 Å². The summed E-state index contributed by atoms with van der Waals surface area (Å²) in [6.07, 6.45) is 1.43. The minimum Gasteiger partial charge on any atom is -0.442 e. The highest BCUT2D eigenvalue weighted by Gasteiger charge is 2.31. The molecule has 11 heavy (non-hydrogen) atoms. The number of hydrogen-bond acceptors (Lipinski definition) is 3. The standard InChI is InChI=1S/C7H11NO3/c1-2-3-5-6(4-9)11-7(10)8-5/h2,5-6,9H,1,3-4H2,(H,8,10)/t5-,6+/m0/s1. The fourth-order valence-corrected chi connectivity index (χ4v) is 1.05. The SMILES string of the molecule is C=CC[C@@H]1NC(=O)O[C@@H]1CO. The van der Waals surface area contributed by atoms with Crippen LogP contribution < -0.4 is 5.32 Å². The van der Waals surface area contributed by atoms with Crippen molar-refractivity contribution in [1.82, 2.24) is 5.32 Å². The summed E-state index contributed by atoms with van der Waals surface area (Å²) in [6.45, 7) is 3.39. The molecule has 1 amide bonds. The zero-order valence-electron chi connectivity index (χ0n) is 6.12. The Morgan fingerprint density at radius 3 is 3.09 bits per heavy atom. The minimum atomic E-state index is -0.462. The molecule has 1 saturated heterocycles. The Bertz CT molecular complexity index is 169. The molecule has 1 aliphatic heterocycles. The average molecular weight is 157 g/mol. The Labute approximate surface area is 64.9 Å². The van der Waals surface area contributed by atoms with Crippen molar-refractivity contribution in [1.29, 1.82) is 0 Å². The maximum Gasteiger partial charge on any atom is 0.407 e. The van der Waals surface area contributed by atoms with E-state index >= 15 is 0 Å². The summed E-state index contributed by atoms with van der Waals surface area (Å²) in [5, 5.41) is 11.3. The van der Waals surface area contributed by atoms with Gasteiger partial charge in [0.15, 0.2) is 0 Å². The molecule has 1 fully saturated rings. The van der Waals surface area contributed by atoms with Crippen LogP contribution in [0.3, 0.4) is 0 Å². The zero-order valence-corrected chi connectivity index (χ0v) is 6.12. The third-order valence-corrected chi connectivity index (χ3v) is 1.61. The van der Waals surface area contributed by atoms with Crippen LogP contribution >= 0.6 is 0 Å². The number of hydrogen-bond donors (Lipinski definition) is 2. The zero-order chi connectivity index (χ0) is 8.27. The van der Waals surface area contributed by atoms with Gasteiger partial charge in [-0.25, -0.2) is 4.79 Å². The summed E-state index contributed by atoms with van der Waals surface area (Å²) in [5.74, 6) is 0. The first-order valence-corrected chi connectivity index (χ1v) is 3.47. The molecule has 0 spiro atoms. The number of aliphatic hydroxyl groups is 1. The van der Waals surface area contributed by atoms with Gasteiger partial charge in [-0.2, -0.15) is 0 Å². The van der Waals surface area contributed by atoms with E-state index in [9.17, 15) is 4.79 Å².